The predicted octanol–water partition coefficient (Wildman–Crippen LogP) is 1.02. The summed E-state index contributed by atoms with van der Waals surface area (Å²) < 4.78 is 38.5. The molecule has 0 saturated carbocycles. The van der Waals surface area contributed by atoms with Gasteiger partial charge in [0.2, 0.25) is 5.91 Å². The molecule has 2 amide bonds. The Morgan fingerprint density at radius 1 is 1.27 bits per heavy atom. The molecule has 0 aromatic carbocycles. The van der Waals surface area contributed by atoms with E-state index in [2.05, 4.69) is 10.3 Å². The molecule has 1 heterocycles. The van der Waals surface area contributed by atoms with Crippen molar-refractivity contribution in [2.45, 2.75) is 45.5 Å². The van der Waals surface area contributed by atoms with Crippen molar-refractivity contribution in [1.29, 1.82) is 0 Å². The molecule has 22 heavy (non-hydrogen) atoms. The van der Waals surface area contributed by atoms with Crippen molar-refractivity contribution in [3.8, 4) is 0 Å². The number of hydrogen-bond donors (Lipinski definition) is 2. The molecule has 0 saturated heterocycles. The zero-order valence-corrected chi connectivity index (χ0v) is 12.6. The molecule has 6 nitrogen and oxygen atoms in total. The molecule has 0 aliphatic heterocycles. The van der Waals surface area contributed by atoms with Crippen LogP contribution < -0.4 is 10.6 Å². The van der Waals surface area contributed by atoms with Crippen LogP contribution in [0.2, 0.25) is 0 Å². The molecular weight excluding hydrogens is 301 g/mol. The average molecular weight is 320 g/mol. The first-order valence-electron chi connectivity index (χ1n) is 6.75. The Kier molecular flexibility index (Phi) is 5.56. The van der Waals surface area contributed by atoms with Crippen LogP contribution in [0.25, 0.3) is 0 Å². The first-order chi connectivity index (χ1) is 10.1. The van der Waals surface area contributed by atoms with E-state index < -0.39 is 23.5 Å². The van der Waals surface area contributed by atoms with Gasteiger partial charge in [-0.1, -0.05) is 6.92 Å². The van der Waals surface area contributed by atoms with E-state index in [9.17, 15) is 22.8 Å². The number of aromatic nitrogens is 2. The second kappa shape index (κ2) is 6.80. The predicted molar refractivity (Wildman–Crippen MR) is 72.9 cm³/mol. The van der Waals surface area contributed by atoms with Crippen molar-refractivity contribution >= 4 is 11.8 Å². The average Bonchev–Trinajstić information content (AvgIpc) is 2.84. The van der Waals surface area contributed by atoms with Gasteiger partial charge in [0.05, 0.1) is 0 Å². The highest BCUT2D eigenvalue weighted by molar-refractivity contribution is 5.92. The van der Waals surface area contributed by atoms with E-state index in [1.54, 1.807) is 17.7 Å². The van der Waals surface area contributed by atoms with Gasteiger partial charge in [0, 0.05) is 31.9 Å². The molecule has 0 unspecified atom stereocenters. The minimum atomic E-state index is -5.02. The van der Waals surface area contributed by atoms with Crippen LogP contribution in [0.3, 0.4) is 0 Å². The molecule has 0 fully saturated rings. The van der Waals surface area contributed by atoms with Crippen molar-refractivity contribution in [2.24, 2.45) is 0 Å². The van der Waals surface area contributed by atoms with Crippen molar-refractivity contribution in [2.75, 3.05) is 6.54 Å². The van der Waals surface area contributed by atoms with Gasteiger partial charge < -0.3 is 15.2 Å². The maximum atomic E-state index is 12.2. The minimum Gasteiger partial charge on any atom is -0.352 e. The zero-order valence-electron chi connectivity index (χ0n) is 12.6. The molecule has 1 aromatic rings. The number of halogens is 3. The van der Waals surface area contributed by atoms with Gasteiger partial charge in [-0.25, -0.2) is 4.98 Å². The third-order valence-electron chi connectivity index (χ3n) is 3.01. The van der Waals surface area contributed by atoms with E-state index in [0.29, 0.717) is 6.54 Å². The zero-order chi connectivity index (χ0) is 17.0. The Labute approximate surface area is 126 Å². The van der Waals surface area contributed by atoms with Gasteiger partial charge in [-0.05, 0) is 13.8 Å². The lowest BCUT2D eigenvalue weighted by atomic mass is 10.0. The minimum absolute atomic E-state index is 0.216. The fourth-order valence-electron chi connectivity index (χ4n) is 1.78. The number of carbonyl (C=O) groups excluding carboxylic acids is 2. The van der Waals surface area contributed by atoms with Crippen molar-refractivity contribution < 1.29 is 22.8 Å². The summed E-state index contributed by atoms with van der Waals surface area (Å²) in [5.74, 6) is -1.99. The van der Waals surface area contributed by atoms with Gasteiger partial charge >= 0.3 is 12.1 Å². The number of amides is 2. The molecule has 9 heteroatoms. The lowest BCUT2D eigenvalue weighted by molar-refractivity contribution is -0.176. The SMILES string of the molecule is CCc1nccn1CCNC(=O)C(C)(C)NC(=O)C(F)(F)F. The molecule has 1 aromatic heterocycles. The molecule has 0 aliphatic rings. The molecule has 2 N–H and O–H groups in total. The topological polar surface area (TPSA) is 76.0 Å². The molecule has 0 atom stereocenters. The second-order valence-corrected chi connectivity index (χ2v) is 5.22. The van der Waals surface area contributed by atoms with Crippen LogP contribution >= 0.6 is 0 Å². The largest absolute Gasteiger partial charge is 0.471 e. The van der Waals surface area contributed by atoms with Crippen molar-refractivity contribution in [1.82, 2.24) is 20.2 Å². The van der Waals surface area contributed by atoms with E-state index in [4.69, 9.17) is 0 Å². The third kappa shape index (κ3) is 4.74. The van der Waals surface area contributed by atoms with Crippen LogP contribution in [0.4, 0.5) is 13.2 Å². The van der Waals surface area contributed by atoms with Crippen LogP contribution in [0.15, 0.2) is 12.4 Å². The monoisotopic (exact) mass is 320 g/mol. The van der Waals surface area contributed by atoms with Crippen LogP contribution in [-0.4, -0.2) is 39.6 Å². The maximum absolute atomic E-state index is 12.2. The van der Waals surface area contributed by atoms with E-state index >= 15 is 0 Å². The first kappa shape index (κ1) is 18.0. The van der Waals surface area contributed by atoms with Crippen LogP contribution in [0.5, 0.6) is 0 Å². The normalized spacial score (nSPS) is 12.1. The maximum Gasteiger partial charge on any atom is 0.471 e. The summed E-state index contributed by atoms with van der Waals surface area (Å²) in [5, 5.41) is 4.17. The number of alkyl halides is 3. The van der Waals surface area contributed by atoms with Crippen LogP contribution in [0.1, 0.15) is 26.6 Å². The highest BCUT2D eigenvalue weighted by Gasteiger charge is 2.43. The van der Waals surface area contributed by atoms with Gasteiger partial charge in [0.1, 0.15) is 11.4 Å². The van der Waals surface area contributed by atoms with Gasteiger partial charge in [-0.3, -0.25) is 9.59 Å². The molecule has 124 valence electrons. The number of rotatable bonds is 6. The number of aryl methyl sites for hydroxylation is 1. The second-order valence-electron chi connectivity index (χ2n) is 5.22. The van der Waals surface area contributed by atoms with Gasteiger partial charge in [-0.15, -0.1) is 0 Å². The van der Waals surface area contributed by atoms with Crippen LogP contribution in [0, 0.1) is 0 Å². The summed E-state index contributed by atoms with van der Waals surface area (Å²) in [6.45, 7) is 5.01. The highest BCUT2D eigenvalue weighted by atomic mass is 19.4. The Morgan fingerprint density at radius 2 is 1.91 bits per heavy atom. The number of imidazole rings is 1. The Morgan fingerprint density at radius 3 is 2.45 bits per heavy atom. The van der Waals surface area contributed by atoms with Gasteiger partial charge in [-0.2, -0.15) is 13.2 Å². The van der Waals surface area contributed by atoms with Crippen molar-refractivity contribution in [3.05, 3.63) is 18.2 Å². The number of carbonyl (C=O) groups is 2. The van der Waals surface area contributed by atoms with E-state index in [1.165, 1.54) is 13.8 Å². The van der Waals surface area contributed by atoms with Gasteiger partial charge in [0.15, 0.2) is 0 Å². The summed E-state index contributed by atoms with van der Waals surface area (Å²) in [6.07, 6.45) is -0.909. The summed E-state index contributed by atoms with van der Waals surface area (Å²) in [7, 11) is 0. The summed E-state index contributed by atoms with van der Waals surface area (Å²) in [5.41, 5.74) is -1.66. The summed E-state index contributed by atoms with van der Waals surface area (Å²) in [6, 6.07) is 0. The van der Waals surface area contributed by atoms with Crippen molar-refractivity contribution in [3.63, 3.8) is 0 Å². The Hall–Kier alpha value is -2.06. The third-order valence-corrected chi connectivity index (χ3v) is 3.01. The molecule has 1 rings (SSSR count). The van der Waals surface area contributed by atoms with Crippen LogP contribution in [-0.2, 0) is 22.6 Å². The first-order valence-corrected chi connectivity index (χ1v) is 6.75. The molecule has 0 spiro atoms. The fourth-order valence-corrected chi connectivity index (χ4v) is 1.78. The van der Waals surface area contributed by atoms with E-state index in [1.807, 2.05) is 11.5 Å². The summed E-state index contributed by atoms with van der Waals surface area (Å²) >= 11 is 0. The lowest BCUT2D eigenvalue weighted by Gasteiger charge is -2.25. The Bertz CT molecular complexity index is 538. The molecule has 0 aliphatic carbocycles. The van der Waals surface area contributed by atoms with E-state index in [0.717, 1.165) is 12.2 Å². The Balaban J connectivity index is 2.52. The lowest BCUT2D eigenvalue weighted by Crippen LogP contribution is -2.57. The van der Waals surface area contributed by atoms with Gasteiger partial charge in [0.25, 0.3) is 0 Å². The molecule has 0 radical (unpaired) electrons. The number of hydrogen-bond acceptors (Lipinski definition) is 3. The standard InChI is InChI=1S/C13H19F3N4O2/c1-4-9-17-5-7-20(9)8-6-18-10(21)12(2,3)19-11(22)13(14,15)16/h5,7H,4,6,8H2,1-3H3,(H,18,21)(H,19,22). The van der Waals surface area contributed by atoms with E-state index in [-0.39, 0.29) is 6.54 Å². The molecule has 0 bridgehead atoms. The molecular formula is C13H19F3N4O2. The number of nitrogens with zero attached hydrogens (tertiary/aromatic N) is 2. The summed E-state index contributed by atoms with van der Waals surface area (Å²) in [4.78, 5) is 26.9. The quantitative estimate of drug-likeness (QED) is 0.822. The smallest absolute Gasteiger partial charge is 0.352 e. The fraction of sp³-hybridized carbons (Fsp3) is 0.615. The number of nitrogens with one attached hydrogen (secondary N) is 2. The highest BCUT2D eigenvalue weighted by Crippen LogP contribution is 2.16.